The third-order valence-corrected chi connectivity index (χ3v) is 8.12. The quantitative estimate of drug-likeness (QED) is 0.309. The van der Waals surface area contributed by atoms with Crippen molar-refractivity contribution in [1.29, 1.82) is 0 Å². The first-order valence-corrected chi connectivity index (χ1v) is 15.5. The van der Waals surface area contributed by atoms with Crippen LogP contribution in [0.25, 0.3) is 0 Å². The Labute approximate surface area is 246 Å². The second-order valence-electron chi connectivity index (χ2n) is 16.3. The summed E-state index contributed by atoms with van der Waals surface area (Å²) in [5, 5.41) is 0. The van der Waals surface area contributed by atoms with Crippen LogP contribution in [0.4, 0.5) is 13.2 Å². The van der Waals surface area contributed by atoms with Crippen LogP contribution in [0, 0.1) is 0 Å². The van der Waals surface area contributed by atoms with Crippen molar-refractivity contribution in [2.24, 2.45) is 0 Å². The highest BCUT2D eigenvalue weighted by Crippen LogP contribution is 2.32. The summed E-state index contributed by atoms with van der Waals surface area (Å²) >= 11 is 0. The van der Waals surface area contributed by atoms with E-state index in [2.05, 4.69) is 77.0 Å². The van der Waals surface area contributed by atoms with Crippen LogP contribution in [0.3, 0.4) is 0 Å². The van der Waals surface area contributed by atoms with Gasteiger partial charge in [0.1, 0.15) is 5.67 Å². The Hall–Kier alpha value is -0.410. The van der Waals surface area contributed by atoms with Crippen LogP contribution >= 0.6 is 0 Å². The number of rotatable bonds is 0. The molecule has 8 heteroatoms. The highest BCUT2D eigenvalue weighted by Gasteiger charge is 2.43. The molecular weight excluding hydrogens is 513 g/mol. The zero-order valence-corrected chi connectivity index (χ0v) is 28.5. The Kier molecular flexibility index (Phi) is 13.5. The molecule has 0 aliphatic carbocycles. The Bertz CT molecular complexity index is 712. The average Bonchev–Trinajstić information content (AvgIpc) is 3.42. The van der Waals surface area contributed by atoms with E-state index in [1.165, 1.54) is 25.9 Å². The second-order valence-corrected chi connectivity index (χ2v) is 16.3. The smallest absolute Gasteiger partial charge is 0.261 e. The normalized spacial score (nSPS) is 24.6. The number of halogens is 3. The molecule has 40 heavy (non-hydrogen) atoms. The molecule has 0 unspecified atom stereocenters. The second kappa shape index (κ2) is 14.4. The van der Waals surface area contributed by atoms with Crippen LogP contribution < -0.4 is 0 Å². The molecule has 0 atom stereocenters. The molecule has 4 aliphatic heterocycles. The molecule has 4 rings (SSSR count). The molecule has 0 aromatic carbocycles. The van der Waals surface area contributed by atoms with Crippen LogP contribution in [-0.2, 0) is 4.74 Å². The van der Waals surface area contributed by atoms with E-state index in [9.17, 15) is 13.2 Å². The Morgan fingerprint density at radius 3 is 1.07 bits per heavy atom. The molecule has 0 aromatic heterocycles. The lowest BCUT2D eigenvalue weighted by Gasteiger charge is -2.49. The van der Waals surface area contributed by atoms with Gasteiger partial charge in [-0.15, -0.1) is 0 Å². The Morgan fingerprint density at radius 2 is 0.875 bits per heavy atom. The monoisotopic (exact) mass is 579 g/mol. The minimum absolute atomic E-state index is 0.0181. The van der Waals surface area contributed by atoms with E-state index in [4.69, 9.17) is 4.74 Å². The molecule has 240 valence electrons. The lowest BCUT2D eigenvalue weighted by Crippen LogP contribution is -2.63. The Balaban J connectivity index is 0.000000267. The summed E-state index contributed by atoms with van der Waals surface area (Å²) in [6, 6.07) is 0. The number of hydrogen-bond acceptors (Lipinski definition) is 5. The van der Waals surface area contributed by atoms with Gasteiger partial charge in [0.15, 0.2) is 0 Å². The minimum Gasteiger partial charge on any atom is -0.379 e. The molecule has 0 aromatic rings. The van der Waals surface area contributed by atoms with Crippen molar-refractivity contribution in [2.45, 2.75) is 143 Å². The molecule has 0 bridgehead atoms. The molecule has 4 aliphatic rings. The minimum atomic E-state index is -2.45. The maximum Gasteiger partial charge on any atom is 0.261 e. The summed E-state index contributed by atoms with van der Waals surface area (Å²) < 4.78 is 43.6. The molecule has 4 heterocycles. The van der Waals surface area contributed by atoms with E-state index in [0.717, 1.165) is 26.3 Å². The van der Waals surface area contributed by atoms with Gasteiger partial charge in [-0.1, -0.05) is 0 Å². The summed E-state index contributed by atoms with van der Waals surface area (Å²) in [6.45, 7) is 35.7. The van der Waals surface area contributed by atoms with Gasteiger partial charge in [0.05, 0.1) is 19.8 Å². The van der Waals surface area contributed by atoms with E-state index >= 15 is 0 Å². The van der Waals surface area contributed by atoms with Gasteiger partial charge in [-0.25, -0.2) is 13.2 Å². The zero-order chi connectivity index (χ0) is 31.2. The molecule has 0 radical (unpaired) electrons. The van der Waals surface area contributed by atoms with Crippen LogP contribution in [0.5, 0.6) is 0 Å². The first-order chi connectivity index (χ1) is 17.8. The third kappa shape index (κ3) is 14.2. The third-order valence-electron chi connectivity index (χ3n) is 8.12. The molecule has 0 N–H and O–H groups in total. The van der Waals surface area contributed by atoms with E-state index in [-0.39, 0.29) is 24.0 Å². The van der Waals surface area contributed by atoms with E-state index < -0.39 is 11.6 Å². The first-order valence-electron chi connectivity index (χ1n) is 15.5. The van der Waals surface area contributed by atoms with Gasteiger partial charge in [0.25, 0.3) is 5.92 Å². The molecule has 4 fully saturated rings. The molecule has 5 nitrogen and oxygen atoms in total. The zero-order valence-electron chi connectivity index (χ0n) is 28.5. The van der Waals surface area contributed by atoms with Crippen LogP contribution in [0.15, 0.2) is 0 Å². The Morgan fingerprint density at radius 1 is 0.500 bits per heavy atom. The van der Waals surface area contributed by atoms with Gasteiger partial charge in [-0.3, -0.25) is 19.6 Å². The standard InChI is InChI=1S/C8H15F2N.C8H16FN.C8H17NO.C8H17N/c1-7(2,3)11-5-4-8(9,10)6-11;1-7(2,3)10-5-8(4,9)6-10;1-8(2,3)9-4-6-10-7-5-9;1-8(2,3)9-6-4-5-7-9/h4-6H2,1-3H3;5-6H2,1-4H3;4-7H2,1-3H3;4-7H2,1-3H3. The molecule has 4 saturated heterocycles. The molecular formula is C32H65F3N4O. The molecule has 0 saturated carbocycles. The number of hydrogen-bond donors (Lipinski definition) is 0. The van der Waals surface area contributed by atoms with Gasteiger partial charge >= 0.3 is 0 Å². The summed E-state index contributed by atoms with van der Waals surface area (Å²) in [6.07, 6.45) is 2.82. The van der Waals surface area contributed by atoms with Gasteiger partial charge in [0, 0.05) is 61.3 Å². The van der Waals surface area contributed by atoms with Crippen molar-refractivity contribution in [3.05, 3.63) is 0 Å². The van der Waals surface area contributed by atoms with Crippen molar-refractivity contribution in [3.8, 4) is 0 Å². The van der Waals surface area contributed by atoms with Crippen molar-refractivity contribution in [1.82, 2.24) is 19.6 Å². The lowest BCUT2D eigenvalue weighted by molar-refractivity contribution is -0.0681. The predicted molar refractivity (Wildman–Crippen MR) is 164 cm³/mol. The van der Waals surface area contributed by atoms with Gasteiger partial charge in [-0.05, 0) is 116 Å². The van der Waals surface area contributed by atoms with Gasteiger partial charge in [0.2, 0.25) is 0 Å². The first kappa shape index (κ1) is 37.6. The predicted octanol–water partition coefficient (Wildman–Crippen LogP) is 6.95. The number of likely N-dealkylation sites (tertiary alicyclic amines) is 3. The molecule has 0 spiro atoms. The molecule has 0 amide bonds. The fourth-order valence-electron chi connectivity index (χ4n) is 5.15. The van der Waals surface area contributed by atoms with Crippen LogP contribution in [0.2, 0.25) is 0 Å². The van der Waals surface area contributed by atoms with Gasteiger partial charge < -0.3 is 4.74 Å². The topological polar surface area (TPSA) is 22.2 Å². The fourth-order valence-corrected chi connectivity index (χ4v) is 5.15. The summed E-state index contributed by atoms with van der Waals surface area (Å²) in [4.78, 5) is 8.98. The van der Waals surface area contributed by atoms with Crippen molar-refractivity contribution in [2.75, 3.05) is 65.6 Å². The fraction of sp³-hybridized carbons (Fsp3) is 1.00. The number of ether oxygens (including phenoxy) is 1. The highest BCUT2D eigenvalue weighted by atomic mass is 19.3. The van der Waals surface area contributed by atoms with Crippen molar-refractivity contribution >= 4 is 0 Å². The summed E-state index contributed by atoms with van der Waals surface area (Å²) in [5.74, 6) is -2.45. The van der Waals surface area contributed by atoms with E-state index in [0.29, 0.717) is 30.7 Å². The number of nitrogens with zero attached hydrogens (tertiary/aromatic N) is 4. The van der Waals surface area contributed by atoms with E-state index in [1.54, 1.807) is 6.92 Å². The van der Waals surface area contributed by atoms with Crippen LogP contribution in [-0.4, -0.2) is 119 Å². The maximum absolute atomic E-state index is 12.9. The summed E-state index contributed by atoms with van der Waals surface area (Å²) in [5.41, 5.74) is -0.154. The maximum atomic E-state index is 12.9. The highest BCUT2D eigenvalue weighted by molar-refractivity contribution is 4.97. The van der Waals surface area contributed by atoms with Gasteiger partial charge in [-0.2, -0.15) is 0 Å². The SMILES string of the molecule is CC(C)(C)N1CCC(F)(F)C1.CC(C)(C)N1CCCC1.CC(C)(C)N1CCOCC1.CC1(F)CN(C(C)(C)C)C1. The largest absolute Gasteiger partial charge is 0.379 e. The lowest BCUT2D eigenvalue weighted by atomic mass is 9.92. The van der Waals surface area contributed by atoms with Crippen molar-refractivity contribution < 1.29 is 17.9 Å². The van der Waals surface area contributed by atoms with Crippen LogP contribution in [0.1, 0.15) is 109 Å². The van der Waals surface area contributed by atoms with E-state index in [1.807, 2.05) is 25.7 Å². The average molecular weight is 579 g/mol. The number of alkyl halides is 3. The van der Waals surface area contributed by atoms with Crippen molar-refractivity contribution in [3.63, 3.8) is 0 Å². The number of morpholine rings is 1. The summed E-state index contributed by atoms with van der Waals surface area (Å²) in [7, 11) is 0.